The number of aliphatic hydroxyl groups is 2. The molecular weight excluding hydrogens is 561 g/mol. The van der Waals surface area contributed by atoms with E-state index in [0.29, 0.717) is 62.9 Å². The summed E-state index contributed by atoms with van der Waals surface area (Å²) in [6.45, 7) is 7.16. The minimum absolute atomic E-state index is 0.156. The molecule has 1 aromatic heterocycles. The Balaban J connectivity index is 1.11. The number of aromatic hydroxyl groups is 1. The summed E-state index contributed by atoms with van der Waals surface area (Å²) in [4.78, 5) is 15.5. The predicted octanol–water partition coefficient (Wildman–Crippen LogP) is 8.20. The van der Waals surface area contributed by atoms with E-state index in [1.54, 1.807) is 12.1 Å². The van der Waals surface area contributed by atoms with Crippen LogP contribution in [0.1, 0.15) is 85.0 Å². The van der Waals surface area contributed by atoms with Crippen molar-refractivity contribution in [2.45, 2.75) is 97.2 Å². The molecule has 0 aliphatic heterocycles. The maximum atomic E-state index is 12.8. The van der Waals surface area contributed by atoms with Crippen molar-refractivity contribution in [2.24, 2.45) is 56.6 Å². The normalized spacial score (nSPS) is 39.4. The molecule has 6 rings (SSSR count). The van der Waals surface area contributed by atoms with Crippen LogP contribution in [0.3, 0.4) is 0 Å². The monoisotopic (exact) mass is 603 g/mol. The lowest BCUT2D eigenvalue weighted by Gasteiger charge is -2.62. The Hall–Kier alpha value is -1.67. The topological polar surface area (TPSA) is 118 Å². The summed E-state index contributed by atoms with van der Waals surface area (Å²) in [5, 5.41) is 41.4. The van der Waals surface area contributed by atoms with Crippen molar-refractivity contribution >= 4 is 45.7 Å². The van der Waals surface area contributed by atoms with Gasteiger partial charge in [-0.25, -0.2) is 0 Å². The van der Waals surface area contributed by atoms with Crippen LogP contribution in [0, 0.1) is 46.3 Å². The van der Waals surface area contributed by atoms with Crippen LogP contribution in [-0.4, -0.2) is 38.4 Å². The molecule has 0 unspecified atom stereocenters. The second-order valence-corrected chi connectivity index (χ2v) is 15.0. The first-order valence-electron chi connectivity index (χ1n) is 15.4. The molecule has 0 radical (unpaired) electrons. The molecule has 2 aromatic rings. The molecule has 0 bridgehead atoms. The molecule has 0 saturated heterocycles. The fourth-order valence-corrected chi connectivity index (χ4v) is 10.7. The van der Waals surface area contributed by atoms with Crippen molar-refractivity contribution in [2.75, 3.05) is 0 Å². The van der Waals surface area contributed by atoms with Crippen LogP contribution in [-0.2, 0) is 4.79 Å². The highest BCUT2D eigenvalue weighted by Crippen LogP contribution is 2.68. The number of nitrogens with one attached hydrogen (secondary N) is 1. The lowest BCUT2D eigenvalue weighted by Crippen LogP contribution is -2.58. The van der Waals surface area contributed by atoms with Crippen LogP contribution in [0.5, 0.6) is 5.88 Å². The first-order valence-corrected chi connectivity index (χ1v) is 16.2. The highest BCUT2D eigenvalue weighted by Gasteiger charge is 2.62. The molecule has 9 heteroatoms. The standard InChI is InChI=1S/C32H43Cl2N3O4/c1-16(4-7-26(40)36-37-29-20-14-18(33)15-24(34)28(20)35-30(29)41)21-5-6-22-27-23(9-11-32(21,22)3)31(2)10-8-19(38)12-17(31)13-25(27)39/h14-17,19,21-23,25,27,35,38-39,41H,4-13H2,1-3H3/t16-,17-,19+,21+,22-,23-,25-,27-,31+,32+/m1/s1. The van der Waals surface area contributed by atoms with Crippen LogP contribution >= 0.6 is 23.2 Å². The molecule has 4 aliphatic rings. The zero-order valence-electron chi connectivity index (χ0n) is 24.2. The molecular formula is C32H43Cl2N3O4. The van der Waals surface area contributed by atoms with Crippen molar-refractivity contribution in [3.63, 3.8) is 0 Å². The fraction of sp³-hybridized carbons (Fsp3) is 0.719. The number of halogens is 2. The van der Waals surface area contributed by atoms with Crippen molar-refractivity contribution in [1.29, 1.82) is 0 Å². The number of benzene rings is 1. The average molecular weight is 605 g/mol. The van der Waals surface area contributed by atoms with Crippen LogP contribution in [0.4, 0.5) is 5.69 Å². The molecule has 4 aliphatic carbocycles. The summed E-state index contributed by atoms with van der Waals surface area (Å²) in [6, 6.07) is 3.20. The number of carbonyl (C=O) groups excluding carboxylic acids is 1. The molecule has 1 amide bonds. The van der Waals surface area contributed by atoms with Gasteiger partial charge in [-0.15, -0.1) is 10.2 Å². The number of nitrogens with zero attached hydrogens (tertiary/aromatic N) is 2. The van der Waals surface area contributed by atoms with Gasteiger partial charge in [0.05, 0.1) is 22.7 Å². The molecule has 0 spiro atoms. The van der Waals surface area contributed by atoms with Crippen LogP contribution in [0.15, 0.2) is 22.4 Å². The second-order valence-electron chi connectivity index (χ2n) is 14.2. The highest BCUT2D eigenvalue weighted by atomic mass is 35.5. The smallest absolute Gasteiger partial charge is 0.264 e. The van der Waals surface area contributed by atoms with Gasteiger partial charge in [0.15, 0.2) is 5.69 Å². The first-order chi connectivity index (χ1) is 19.4. The average Bonchev–Trinajstić information content (AvgIpc) is 3.43. The SMILES string of the molecule is C[C@H](CCC(=O)N=Nc1c(O)[nH]c2c(Cl)cc(Cl)cc12)[C@@H]1CC[C@@H]2[C@H]3[C@H](O)C[C@H]4C[C@@H](O)CC[C@]4(C)[C@@H]3CC[C@]21C. The quantitative estimate of drug-likeness (QED) is 0.257. The Labute approximate surface area is 252 Å². The Kier molecular flexibility index (Phi) is 7.74. The molecule has 224 valence electrons. The minimum Gasteiger partial charge on any atom is -0.493 e. The maximum Gasteiger partial charge on any atom is 0.264 e. The summed E-state index contributed by atoms with van der Waals surface area (Å²) in [6.07, 6.45) is 8.76. The number of H-pyrrole nitrogens is 1. The molecule has 1 heterocycles. The second kappa shape index (κ2) is 10.8. The van der Waals surface area contributed by atoms with Crippen LogP contribution in [0.2, 0.25) is 10.0 Å². The summed E-state index contributed by atoms with van der Waals surface area (Å²) >= 11 is 12.3. The predicted molar refractivity (Wildman–Crippen MR) is 161 cm³/mol. The van der Waals surface area contributed by atoms with Crippen molar-refractivity contribution in [3.8, 4) is 5.88 Å². The summed E-state index contributed by atoms with van der Waals surface area (Å²) in [5.74, 6) is 2.13. The third-order valence-corrected chi connectivity index (χ3v) is 12.8. The van der Waals surface area contributed by atoms with E-state index in [2.05, 4.69) is 36.0 Å². The first kappa shape index (κ1) is 29.4. The number of aromatic amines is 1. The molecule has 4 fully saturated rings. The maximum absolute atomic E-state index is 12.8. The van der Waals surface area contributed by atoms with Crippen LogP contribution in [0.25, 0.3) is 10.9 Å². The van der Waals surface area contributed by atoms with Crippen molar-refractivity contribution in [1.82, 2.24) is 4.98 Å². The molecule has 10 atom stereocenters. The number of aromatic nitrogens is 1. The molecule has 7 nitrogen and oxygen atoms in total. The zero-order chi connectivity index (χ0) is 29.3. The zero-order valence-corrected chi connectivity index (χ0v) is 25.8. The van der Waals surface area contributed by atoms with Gasteiger partial charge < -0.3 is 20.3 Å². The van der Waals surface area contributed by atoms with Gasteiger partial charge in [-0.1, -0.05) is 44.0 Å². The van der Waals surface area contributed by atoms with E-state index in [4.69, 9.17) is 23.2 Å². The van der Waals surface area contributed by atoms with Gasteiger partial charge in [-0.2, -0.15) is 0 Å². The Morgan fingerprint density at radius 3 is 2.59 bits per heavy atom. The lowest BCUT2D eigenvalue weighted by atomic mass is 9.43. The number of aliphatic hydroxyl groups excluding tert-OH is 2. The Morgan fingerprint density at radius 2 is 1.80 bits per heavy atom. The van der Waals surface area contributed by atoms with Crippen molar-refractivity contribution in [3.05, 3.63) is 22.2 Å². The van der Waals surface area contributed by atoms with Gasteiger partial charge in [0, 0.05) is 16.8 Å². The number of rotatable bonds is 5. The minimum atomic E-state index is -0.316. The van der Waals surface area contributed by atoms with Gasteiger partial charge in [0.2, 0.25) is 5.88 Å². The number of hydrogen-bond acceptors (Lipinski definition) is 5. The van der Waals surface area contributed by atoms with E-state index in [-0.39, 0.29) is 40.5 Å². The third-order valence-electron chi connectivity index (χ3n) is 12.3. The van der Waals surface area contributed by atoms with Gasteiger partial charge in [-0.3, -0.25) is 4.79 Å². The number of amides is 1. The lowest BCUT2D eigenvalue weighted by molar-refractivity contribution is -0.174. The number of carbonyl (C=O) groups is 1. The molecule has 4 N–H and O–H groups in total. The van der Waals surface area contributed by atoms with E-state index in [0.717, 1.165) is 51.4 Å². The largest absolute Gasteiger partial charge is 0.493 e. The Morgan fingerprint density at radius 1 is 1.07 bits per heavy atom. The highest BCUT2D eigenvalue weighted by molar-refractivity contribution is 6.38. The molecule has 4 saturated carbocycles. The third kappa shape index (κ3) is 4.93. The molecule has 1 aromatic carbocycles. The van der Waals surface area contributed by atoms with Gasteiger partial charge in [-0.05, 0) is 116 Å². The van der Waals surface area contributed by atoms with Gasteiger partial charge in [0.25, 0.3) is 5.91 Å². The van der Waals surface area contributed by atoms with Crippen molar-refractivity contribution < 1.29 is 20.1 Å². The summed E-state index contributed by atoms with van der Waals surface area (Å²) in [7, 11) is 0. The van der Waals surface area contributed by atoms with E-state index in [9.17, 15) is 20.1 Å². The van der Waals surface area contributed by atoms with Gasteiger partial charge >= 0.3 is 0 Å². The van der Waals surface area contributed by atoms with E-state index in [1.807, 2.05) is 0 Å². The molecule has 41 heavy (non-hydrogen) atoms. The van der Waals surface area contributed by atoms with Gasteiger partial charge in [0.1, 0.15) is 0 Å². The van der Waals surface area contributed by atoms with E-state index < -0.39 is 0 Å². The summed E-state index contributed by atoms with van der Waals surface area (Å²) < 4.78 is 0. The van der Waals surface area contributed by atoms with Crippen LogP contribution < -0.4 is 0 Å². The number of fused-ring (bicyclic) bond motifs is 6. The summed E-state index contributed by atoms with van der Waals surface area (Å²) in [5.41, 5.74) is 1.04. The van der Waals surface area contributed by atoms with E-state index >= 15 is 0 Å². The van der Waals surface area contributed by atoms with E-state index in [1.165, 1.54) is 6.42 Å². The number of azo groups is 1. The Bertz CT molecular complexity index is 1360. The fourth-order valence-electron chi connectivity index (χ4n) is 10.2. The number of hydrogen-bond donors (Lipinski definition) is 4.